The first-order chi connectivity index (χ1) is 15.8. The average Bonchev–Trinajstić information content (AvgIpc) is 3.25. The van der Waals surface area contributed by atoms with Crippen LogP contribution in [-0.2, 0) is 15.7 Å². The number of sulfone groups is 1. The van der Waals surface area contributed by atoms with Crippen molar-refractivity contribution in [1.29, 1.82) is 0 Å². The predicted molar refractivity (Wildman–Crippen MR) is 124 cm³/mol. The summed E-state index contributed by atoms with van der Waals surface area (Å²) in [7, 11) is -3.58. The quantitative estimate of drug-likeness (QED) is 0.489. The van der Waals surface area contributed by atoms with Crippen LogP contribution in [-0.4, -0.2) is 69.7 Å². The van der Waals surface area contributed by atoms with Gasteiger partial charge in [0.2, 0.25) is 5.95 Å². The molecule has 1 aromatic carbocycles. The lowest BCUT2D eigenvalue weighted by Crippen LogP contribution is -2.49. The molecule has 1 saturated heterocycles. The molecule has 0 bridgehead atoms. The fraction of sp³-hybridized carbons (Fsp3) is 0.500. The van der Waals surface area contributed by atoms with E-state index in [0.29, 0.717) is 11.7 Å². The zero-order valence-electron chi connectivity index (χ0n) is 19.2. The summed E-state index contributed by atoms with van der Waals surface area (Å²) >= 11 is 0. The van der Waals surface area contributed by atoms with E-state index in [2.05, 4.69) is 49.1 Å². The van der Waals surface area contributed by atoms with Gasteiger partial charge in [0, 0.05) is 38.6 Å². The van der Waals surface area contributed by atoms with Crippen LogP contribution in [0.25, 0.3) is 0 Å². The predicted octanol–water partition coefficient (Wildman–Crippen LogP) is 2.11. The topological polar surface area (TPSA) is 110 Å². The van der Waals surface area contributed by atoms with E-state index in [1.807, 2.05) is 13.0 Å². The maximum atomic E-state index is 13.0. The molecule has 11 heteroatoms. The average molecular weight is 471 g/mol. The zero-order valence-corrected chi connectivity index (χ0v) is 20.1. The molecule has 0 spiro atoms. The van der Waals surface area contributed by atoms with Crippen LogP contribution in [0.1, 0.15) is 37.7 Å². The van der Waals surface area contributed by atoms with Crippen LogP contribution in [0.15, 0.2) is 47.6 Å². The van der Waals surface area contributed by atoms with Crippen LogP contribution >= 0.6 is 0 Å². The van der Waals surface area contributed by atoms with Crippen LogP contribution in [0.2, 0.25) is 0 Å². The Hall–Kier alpha value is -2.92. The number of benzene rings is 1. The minimum atomic E-state index is -3.58. The Morgan fingerprint density at radius 3 is 2.30 bits per heavy atom. The maximum Gasteiger partial charge on any atom is 0.225 e. The summed E-state index contributed by atoms with van der Waals surface area (Å²) < 4.78 is 27.5. The van der Waals surface area contributed by atoms with E-state index in [-0.39, 0.29) is 16.8 Å². The third-order valence-corrected chi connectivity index (χ3v) is 7.39. The van der Waals surface area contributed by atoms with Crippen LogP contribution in [0.3, 0.4) is 0 Å². The Morgan fingerprint density at radius 2 is 1.67 bits per heavy atom. The molecule has 4 rings (SSSR count). The molecule has 10 nitrogen and oxygen atoms in total. The van der Waals surface area contributed by atoms with Gasteiger partial charge in [-0.25, -0.2) is 23.1 Å². The van der Waals surface area contributed by atoms with Gasteiger partial charge in [-0.15, -0.1) is 5.10 Å². The summed E-state index contributed by atoms with van der Waals surface area (Å²) in [6.45, 7) is 9.36. The third-order valence-electron chi connectivity index (χ3n) is 5.81. The second-order valence-corrected chi connectivity index (χ2v) is 10.8. The van der Waals surface area contributed by atoms with Gasteiger partial charge in [0.1, 0.15) is 0 Å². The standard InChI is InChI=1S/C22H30N8O2S/c1-17(2)15-20(28-11-13-29(14-12-28)22-23-9-4-10-24-22)21-25-26-27-30(21)16-33(31,32)19-7-5-18(3)6-8-19/h4-10,17,20H,11-16H2,1-3H3. The zero-order chi connectivity index (χ0) is 23.4. The molecule has 33 heavy (non-hydrogen) atoms. The second-order valence-electron chi connectivity index (χ2n) is 8.81. The number of piperazine rings is 1. The van der Waals surface area contributed by atoms with Gasteiger partial charge in [-0.05, 0) is 47.9 Å². The SMILES string of the molecule is Cc1ccc(S(=O)(=O)Cn2nnnc2C(CC(C)C)N2CCN(c3ncccn3)CC2)cc1. The number of aromatic nitrogens is 6. The Morgan fingerprint density at radius 1 is 1.00 bits per heavy atom. The number of hydrogen-bond donors (Lipinski definition) is 0. The molecule has 1 aliphatic heterocycles. The molecule has 0 amide bonds. The van der Waals surface area contributed by atoms with Gasteiger partial charge < -0.3 is 4.90 Å². The first-order valence-electron chi connectivity index (χ1n) is 11.1. The van der Waals surface area contributed by atoms with Crippen LogP contribution in [0.4, 0.5) is 5.95 Å². The van der Waals surface area contributed by atoms with Crippen LogP contribution in [0, 0.1) is 12.8 Å². The normalized spacial score (nSPS) is 16.3. The minimum Gasteiger partial charge on any atom is -0.338 e. The molecule has 3 heterocycles. The van der Waals surface area contributed by atoms with Crippen molar-refractivity contribution in [3.63, 3.8) is 0 Å². The van der Waals surface area contributed by atoms with Crippen LogP contribution in [0.5, 0.6) is 0 Å². The van der Waals surface area contributed by atoms with Crippen LogP contribution < -0.4 is 4.90 Å². The Bertz CT molecular complexity index is 1140. The molecule has 1 atom stereocenters. The van der Waals surface area contributed by atoms with Crippen molar-refractivity contribution in [2.45, 2.75) is 44.0 Å². The lowest BCUT2D eigenvalue weighted by Gasteiger charge is -2.39. The highest BCUT2D eigenvalue weighted by molar-refractivity contribution is 7.90. The number of aryl methyl sites for hydroxylation is 1. The molecule has 1 unspecified atom stereocenters. The van der Waals surface area contributed by atoms with E-state index in [9.17, 15) is 8.42 Å². The monoisotopic (exact) mass is 470 g/mol. The highest BCUT2D eigenvalue weighted by atomic mass is 32.2. The first-order valence-corrected chi connectivity index (χ1v) is 12.8. The summed E-state index contributed by atoms with van der Waals surface area (Å²) in [5.41, 5.74) is 1.01. The molecule has 176 valence electrons. The van der Waals surface area contributed by atoms with Gasteiger partial charge in [0.15, 0.2) is 21.5 Å². The number of tetrazole rings is 1. The second kappa shape index (κ2) is 9.92. The number of rotatable bonds is 8. The van der Waals surface area contributed by atoms with E-state index in [1.54, 1.807) is 36.7 Å². The van der Waals surface area contributed by atoms with Crippen molar-refractivity contribution in [2.75, 3.05) is 31.1 Å². The largest absolute Gasteiger partial charge is 0.338 e. The molecule has 3 aromatic rings. The lowest BCUT2D eigenvalue weighted by molar-refractivity contribution is 0.153. The molecular formula is C22H30N8O2S. The highest BCUT2D eigenvalue weighted by Crippen LogP contribution is 2.28. The molecule has 1 fully saturated rings. The number of nitrogens with zero attached hydrogens (tertiary/aromatic N) is 8. The fourth-order valence-corrected chi connectivity index (χ4v) is 5.28. The molecule has 1 aliphatic rings. The highest BCUT2D eigenvalue weighted by Gasteiger charge is 2.31. The van der Waals surface area contributed by atoms with Crippen molar-refractivity contribution in [3.05, 3.63) is 54.1 Å². The number of anilines is 1. The van der Waals surface area contributed by atoms with Gasteiger partial charge in [-0.1, -0.05) is 31.5 Å². The maximum absolute atomic E-state index is 13.0. The summed E-state index contributed by atoms with van der Waals surface area (Å²) in [4.78, 5) is 13.5. The van der Waals surface area contributed by atoms with E-state index in [1.165, 1.54) is 4.68 Å². The van der Waals surface area contributed by atoms with Gasteiger partial charge in [0.25, 0.3) is 0 Å². The van der Waals surface area contributed by atoms with E-state index < -0.39 is 9.84 Å². The van der Waals surface area contributed by atoms with E-state index in [4.69, 9.17) is 0 Å². The molecule has 0 aliphatic carbocycles. The summed E-state index contributed by atoms with van der Waals surface area (Å²) in [6, 6.07) is 8.58. The fourth-order valence-electron chi connectivity index (χ4n) is 4.08. The summed E-state index contributed by atoms with van der Waals surface area (Å²) in [6.07, 6.45) is 4.32. The number of hydrogen-bond acceptors (Lipinski definition) is 9. The summed E-state index contributed by atoms with van der Waals surface area (Å²) in [5.74, 6) is 1.42. The molecular weight excluding hydrogens is 440 g/mol. The van der Waals surface area contributed by atoms with Gasteiger partial charge in [0.05, 0.1) is 10.9 Å². The van der Waals surface area contributed by atoms with E-state index in [0.717, 1.165) is 44.1 Å². The van der Waals surface area contributed by atoms with Crippen molar-refractivity contribution in [3.8, 4) is 0 Å². The first kappa shape index (κ1) is 23.2. The molecule has 2 aromatic heterocycles. The molecule has 0 N–H and O–H groups in total. The lowest BCUT2D eigenvalue weighted by atomic mass is 10.0. The van der Waals surface area contributed by atoms with Crippen molar-refractivity contribution in [2.24, 2.45) is 5.92 Å². The van der Waals surface area contributed by atoms with Gasteiger partial charge >= 0.3 is 0 Å². The Labute approximate surface area is 194 Å². The third kappa shape index (κ3) is 5.53. The van der Waals surface area contributed by atoms with E-state index >= 15 is 0 Å². The molecule has 0 saturated carbocycles. The smallest absolute Gasteiger partial charge is 0.225 e. The summed E-state index contributed by atoms with van der Waals surface area (Å²) in [5, 5.41) is 12.2. The molecule has 0 radical (unpaired) electrons. The van der Waals surface area contributed by atoms with Crippen molar-refractivity contribution >= 4 is 15.8 Å². The Kier molecular flexibility index (Phi) is 6.99. The minimum absolute atomic E-state index is 0.0768. The van der Waals surface area contributed by atoms with Crippen molar-refractivity contribution < 1.29 is 8.42 Å². The Balaban J connectivity index is 1.53. The van der Waals surface area contributed by atoms with Gasteiger partial charge in [-0.3, -0.25) is 4.90 Å². The van der Waals surface area contributed by atoms with Gasteiger partial charge in [-0.2, -0.15) is 0 Å². The van der Waals surface area contributed by atoms with Crippen molar-refractivity contribution in [1.82, 2.24) is 35.1 Å².